The van der Waals surface area contributed by atoms with Gasteiger partial charge < -0.3 is 0 Å². The summed E-state index contributed by atoms with van der Waals surface area (Å²) in [6.07, 6.45) is 5.00. The summed E-state index contributed by atoms with van der Waals surface area (Å²) in [5.41, 5.74) is 1.24. The summed E-state index contributed by atoms with van der Waals surface area (Å²) >= 11 is 0. The molecule has 0 aliphatic heterocycles. The van der Waals surface area contributed by atoms with Gasteiger partial charge in [0, 0.05) is 17.8 Å². The number of rotatable bonds is 0. The zero-order valence-electron chi connectivity index (χ0n) is 9.95. The molecule has 0 aliphatic rings. The Morgan fingerprint density at radius 2 is 1.89 bits per heavy atom. The second-order valence-electron chi connectivity index (χ2n) is 4.41. The van der Waals surface area contributed by atoms with E-state index in [1.165, 1.54) is 0 Å². The first kappa shape index (κ1) is 10.2. The molecule has 3 heterocycles. The summed E-state index contributed by atoms with van der Waals surface area (Å²) in [7, 11) is 0. The first-order valence-corrected chi connectivity index (χ1v) is 5.98. The minimum Gasteiger partial charge on any atom is -0.268 e. The molecule has 4 nitrogen and oxygen atoms in total. The minimum atomic E-state index is -0.0619. The maximum absolute atomic E-state index is 12.4. The van der Waals surface area contributed by atoms with Gasteiger partial charge in [-0.3, -0.25) is 14.2 Å². The average molecular weight is 247 g/mol. The molecule has 1 aromatic carbocycles. The van der Waals surface area contributed by atoms with Gasteiger partial charge in [0.1, 0.15) is 5.65 Å². The van der Waals surface area contributed by atoms with Gasteiger partial charge in [0.05, 0.1) is 17.1 Å². The highest BCUT2D eigenvalue weighted by Crippen LogP contribution is 2.18. The van der Waals surface area contributed by atoms with E-state index in [-0.39, 0.29) is 5.56 Å². The molecule has 0 saturated carbocycles. The molecule has 4 rings (SSSR count). The van der Waals surface area contributed by atoms with E-state index in [9.17, 15) is 4.79 Å². The standard InChI is InChI=1S/C15H9N3O/c19-15-12-5-7-16-9-13(12)17-14-11-4-2-1-3-10(11)6-8-18(14)15/h1-9H. The van der Waals surface area contributed by atoms with Gasteiger partial charge in [0.25, 0.3) is 5.56 Å². The maximum atomic E-state index is 12.4. The largest absolute Gasteiger partial charge is 0.268 e. The van der Waals surface area contributed by atoms with Gasteiger partial charge in [0.2, 0.25) is 0 Å². The van der Waals surface area contributed by atoms with Crippen LogP contribution in [0.4, 0.5) is 0 Å². The first-order chi connectivity index (χ1) is 9.34. The lowest BCUT2D eigenvalue weighted by Crippen LogP contribution is -2.15. The van der Waals surface area contributed by atoms with Crippen LogP contribution in [0.15, 0.2) is 59.8 Å². The van der Waals surface area contributed by atoms with Crippen molar-refractivity contribution < 1.29 is 0 Å². The molecule has 0 radical (unpaired) electrons. The molecule has 0 spiro atoms. The normalized spacial score (nSPS) is 11.4. The fraction of sp³-hybridized carbons (Fsp3) is 0. The molecular formula is C15H9N3O. The second-order valence-corrected chi connectivity index (χ2v) is 4.41. The van der Waals surface area contributed by atoms with Crippen molar-refractivity contribution in [2.24, 2.45) is 0 Å². The number of fused-ring (bicyclic) bond motifs is 4. The van der Waals surface area contributed by atoms with E-state index in [4.69, 9.17) is 0 Å². The van der Waals surface area contributed by atoms with Gasteiger partial charge >= 0.3 is 0 Å². The van der Waals surface area contributed by atoms with Crippen LogP contribution in [0.25, 0.3) is 27.3 Å². The molecule has 0 aliphatic carbocycles. The average Bonchev–Trinajstić information content (AvgIpc) is 2.47. The summed E-state index contributed by atoms with van der Waals surface area (Å²) in [5.74, 6) is 0. The Kier molecular flexibility index (Phi) is 1.94. The van der Waals surface area contributed by atoms with Gasteiger partial charge in [0.15, 0.2) is 0 Å². The van der Waals surface area contributed by atoms with Crippen LogP contribution in [-0.4, -0.2) is 14.4 Å². The van der Waals surface area contributed by atoms with Crippen molar-refractivity contribution in [1.29, 1.82) is 0 Å². The number of aromatic nitrogens is 3. The fourth-order valence-corrected chi connectivity index (χ4v) is 2.38. The van der Waals surface area contributed by atoms with Crippen LogP contribution < -0.4 is 5.56 Å². The van der Waals surface area contributed by atoms with Crippen LogP contribution in [-0.2, 0) is 0 Å². The molecule has 0 fully saturated rings. The summed E-state index contributed by atoms with van der Waals surface area (Å²) in [6.45, 7) is 0. The van der Waals surface area contributed by atoms with Crippen molar-refractivity contribution in [3.05, 3.63) is 65.3 Å². The number of hydrogen-bond donors (Lipinski definition) is 0. The number of hydrogen-bond acceptors (Lipinski definition) is 3. The highest BCUT2D eigenvalue weighted by atomic mass is 16.1. The predicted octanol–water partition coefficient (Wildman–Crippen LogP) is 2.40. The Morgan fingerprint density at radius 3 is 2.84 bits per heavy atom. The smallest absolute Gasteiger partial charge is 0.265 e. The summed E-state index contributed by atoms with van der Waals surface area (Å²) < 4.78 is 1.59. The van der Waals surface area contributed by atoms with E-state index in [1.54, 1.807) is 29.1 Å². The molecule has 19 heavy (non-hydrogen) atoms. The number of nitrogens with zero attached hydrogens (tertiary/aromatic N) is 3. The van der Waals surface area contributed by atoms with E-state index in [1.807, 2.05) is 30.3 Å². The van der Waals surface area contributed by atoms with Crippen molar-refractivity contribution in [3.8, 4) is 0 Å². The monoisotopic (exact) mass is 247 g/mol. The third-order valence-electron chi connectivity index (χ3n) is 3.31. The van der Waals surface area contributed by atoms with Crippen LogP contribution in [0, 0.1) is 0 Å². The minimum absolute atomic E-state index is 0.0619. The Bertz CT molecular complexity index is 989. The second kappa shape index (κ2) is 3.62. The lowest BCUT2D eigenvalue weighted by atomic mass is 10.1. The number of pyridine rings is 2. The van der Waals surface area contributed by atoms with Crippen LogP contribution >= 0.6 is 0 Å². The Hall–Kier alpha value is -2.75. The molecule has 0 atom stereocenters. The van der Waals surface area contributed by atoms with E-state index in [0.717, 1.165) is 10.8 Å². The molecule has 0 N–H and O–H groups in total. The third-order valence-corrected chi connectivity index (χ3v) is 3.31. The van der Waals surface area contributed by atoms with E-state index in [2.05, 4.69) is 9.97 Å². The van der Waals surface area contributed by atoms with Crippen molar-refractivity contribution in [2.75, 3.05) is 0 Å². The highest BCUT2D eigenvalue weighted by molar-refractivity contribution is 5.95. The van der Waals surface area contributed by atoms with E-state index < -0.39 is 0 Å². The molecule has 0 saturated heterocycles. The molecule has 0 unspecified atom stereocenters. The fourth-order valence-electron chi connectivity index (χ4n) is 2.38. The molecule has 0 amide bonds. The zero-order valence-corrected chi connectivity index (χ0v) is 9.95. The lowest BCUT2D eigenvalue weighted by Gasteiger charge is -2.05. The van der Waals surface area contributed by atoms with Crippen molar-refractivity contribution in [2.45, 2.75) is 0 Å². The molecule has 0 bridgehead atoms. The van der Waals surface area contributed by atoms with E-state index >= 15 is 0 Å². The molecule has 3 aromatic heterocycles. The molecule has 4 heteroatoms. The third kappa shape index (κ3) is 1.37. The van der Waals surface area contributed by atoms with Gasteiger partial charge in [-0.15, -0.1) is 0 Å². The van der Waals surface area contributed by atoms with Crippen molar-refractivity contribution >= 4 is 27.3 Å². The predicted molar refractivity (Wildman–Crippen MR) is 74.3 cm³/mol. The quantitative estimate of drug-likeness (QED) is 0.354. The highest BCUT2D eigenvalue weighted by Gasteiger charge is 2.07. The summed E-state index contributed by atoms with van der Waals surface area (Å²) in [4.78, 5) is 21.0. The van der Waals surface area contributed by atoms with Gasteiger partial charge in [-0.25, -0.2) is 4.98 Å². The molecular weight excluding hydrogens is 238 g/mol. The maximum Gasteiger partial charge on any atom is 0.265 e. The van der Waals surface area contributed by atoms with Gasteiger partial charge in [-0.1, -0.05) is 24.3 Å². The van der Waals surface area contributed by atoms with Crippen molar-refractivity contribution in [3.63, 3.8) is 0 Å². The first-order valence-electron chi connectivity index (χ1n) is 5.98. The summed E-state index contributed by atoms with van der Waals surface area (Å²) in [5, 5.41) is 2.62. The molecule has 4 aromatic rings. The van der Waals surface area contributed by atoms with Crippen LogP contribution in [0.2, 0.25) is 0 Å². The van der Waals surface area contributed by atoms with Gasteiger partial charge in [-0.2, -0.15) is 0 Å². The Balaban J connectivity index is 2.36. The lowest BCUT2D eigenvalue weighted by molar-refractivity contribution is 1.09. The zero-order chi connectivity index (χ0) is 12.8. The Morgan fingerprint density at radius 1 is 1.00 bits per heavy atom. The van der Waals surface area contributed by atoms with Crippen LogP contribution in [0.3, 0.4) is 0 Å². The summed E-state index contributed by atoms with van der Waals surface area (Å²) in [6, 6.07) is 11.5. The molecule has 90 valence electrons. The topological polar surface area (TPSA) is 47.3 Å². The van der Waals surface area contributed by atoms with E-state index in [0.29, 0.717) is 16.6 Å². The SMILES string of the molecule is O=c1c2ccncc2nc2c3ccccc3ccn12. The van der Waals surface area contributed by atoms with Crippen LogP contribution in [0.5, 0.6) is 0 Å². The van der Waals surface area contributed by atoms with Crippen molar-refractivity contribution in [1.82, 2.24) is 14.4 Å². The van der Waals surface area contributed by atoms with Crippen LogP contribution in [0.1, 0.15) is 0 Å². The Labute approximate surface area is 108 Å². The van der Waals surface area contributed by atoms with Gasteiger partial charge in [-0.05, 0) is 17.5 Å². The number of benzene rings is 1.